The van der Waals surface area contributed by atoms with E-state index in [1.54, 1.807) is 6.92 Å². The summed E-state index contributed by atoms with van der Waals surface area (Å²) in [6.07, 6.45) is -2.46. The molecule has 1 amide bonds. The molecule has 0 radical (unpaired) electrons. The van der Waals surface area contributed by atoms with E-state index < -0.39 is 24.1 Å². The van der Waals surface area contributed by atoms with E-state index in [1.807, 2.05) is 0 Å². The average molecular weight is 305 g/mol. The first-order valence-electron chi connectivity index (χ1n) is 6.35. The quantitative estimate of drug-likeness (QED) is 0.901. The van der Waals surface area contributed by atoms with Crippen molar-refractivity contribution in [3.8, 4) is 0 Å². The highest BCUT2D eigenvalue weighted by molar-refractivity contribution is 5.86. The van der Waals surface area contributed by atoms with Gasteiger partial charge in [0.15, 0.2) is 5.69 Å². The number of halogens is 3. The summed E-state index contributed by atoms with van der Waals surface area (Å²) in [7, 11) is 0. The highest BCUT2D eigenvalue weighted by Gasteiger charge is 2.43. The van der Waals surface area contributed by atoms with Gasteiger partial charge >= 0.3 is 18.1 Å². The molecule has 21 heavy (non-hydrogen) atoms. The number of carbonyl (C=O) groups excluding carboxylic acids is 1. The zero-order valence-electron chi connectivity index (χ0n) is 11.2. The lowest BCUT2D eigenvalue weighted by Gasteiger charge is -2.33. The van der Waals surface area contributed by atoms with Crippen molar-refractivity contribution in [2.45, 2.75) is 32.0 Å². The topological polar surface area (TPSA) is 75.4 Å². The molecule has 2 rings (SSSR count). The average Bonchev–Trinajstić information content (AvgIpc) is 2.79. The molecule has 1 N–H and O–H groups in total. The summed E-state index contributed by atoms with van der Waals surface area (Å²) >= 11 is 0. The van der Waals surface area contributed by atoms with Crippen LogP contribution in [-0.2, 0) is 4.79 Å². The number of rotatable bonds is 2. The fraction of sp³-hybridized carbons (Fsp3) is 0.583. The molecule has 0 spiro atoms. The number of carbonyl (C=O) groups is 2. The molecule has 1 aliphatic rings. The fourth-order valence-electron chi connectivity index (χ4n) is 2.42. The van der Waals surface area contributed by atoms with Gasteiger partial charge < -0.3 is 10.0 Å². The van der Waals surface area contributed by atoms with Crippen LogP contribution in [0.25, 0.3) is 0 Å². The number of carboxylic acid groups (broad SMARTS) is 1. The highest BCUT2D eigenvalue weighted by atomic mass is 19.4. The first kappa shape index (κ1) is 15.3. The third-order valence-electron chi connectivity index (χ3n) is 3.42. The molecule has 9 heteroatoms. The van der Waals surface area contributed by atoms with Crippen molar-refractivity contribution in [1.82, 2.24) is 14.7 Å². The molecule has 1 aliphatic heterocycles. The number of piperidine rings is 1. The maximum atomic E-state index is 12.4. The van der Waals surface area contributed by atoms with Gasteiger partial charge in [0.1, 0.15) is 0 Å². The van der Waals surface area contributed by atoms with Gasteiger partial charge in [-0.2, -0.15) is 18.3 Å². The second-order valence-corrected chi connectivity index (χ2v) is 4.99. The predicted molar refractivity (Wildman–Crippen MR) is 64.8 cm³/mol. The zero-order chi connectivity index (χ0) is 15.8. The molecule has 0 bridgehead atoms. The molecule has 1 atom stereocenters. The Labute approximate surface area is 118 Å². The number of aryl methyl sites for hydroxylation is 1. The van der Waals surface area contributed by atoms with Gasteiger partial charge in [-0.15, -0.1) is 0 Å². The van der Waals surface area contributed by atoms with Gasteiger partial charge in [0.2, 0.25) is 0 Å². The molecule has 6 nitrogen and oxygen atoms in total. The fourth-order valence-corrected chi connectivity index (χ4v) is 2.42. The van der Waals surface area contributed by atoms with Crippen molar-refractivity contribution < 1.29 is 27.9 Å². The van der Waals surface area contributed by atoms with Crippen molar-refractivity contribution in [3.05, 3.63) is 17.5 Å². The van der Waals surface area contributed by atoms with Crippen LogP contribution in [0.5, 0.6) is 0 Å². The number of aromatic nitrogens is 2. The third-order valence-corrected chi connectivity index (χ3v) is 3.42. The monoisotopic (exact) mass is 305 g/mol. The Bertz CT molecular complexity index is 568. The number of likely N-dealkylation sites (tertiary alicyclic amines) is 1. The summed E-state index contributed by atoms with van der Waals surface area (Å²) in [4.78, 5) is 22.9. The van der Waals surface area contributed by atoms with Gasteiger partial charge in [-0.05, 0) is 19.8 Å². The molecule has 2 heterocycles. The van der Waals surface area contributed by atoms with Crippen LogP contribution in [0.3, 0.4) is 0 Å². The second kappa shape index (κ2) is 5.38. The minimum absolute atomic E-state index is 0.0425. The maximum absolute atomic E-state index is 12.4. The number of hydrogen-bond donors (Lipinski definition) is 1. The summed E-state index contributed by atoms with van der Waals surface area (Å²) in [6.45, 7) is 1.48. The lowest BCUT2D eigenvalue weighted by molar-refractivity contribution is -0.187. The van der Waals surface area contributed by atoms with Crippen molar-refractivity contribution in [2.75, 3.05) is 13.1 Å². The van der Waals surface area contributed by atoms with E-state index in [4.69, 9.17) is 5.11 Å². The van der Waals surface area contributed by atoms with Crippen molar-refractivity contribution in [2.24, 2.45) is 0 Å². The lowest BCUT2D eigenvalue weighted by Crippen LogP contribution is -2.46. The van der Waals surface area contributed by atoms with E-state index in [9.17, 15) is 22.8 Å². The van der Waals surface area contributed by atoms with Crippen LogP contribution in [0, 0.1) is 6.92 Å². The summed E-state index contributed by atoms with van der Waals surface area (Å²) in [5, 5.41) is 12.8. The van der Waals surface area contributed by atoms with E-state index >= 15 is 0 Å². The molecule has 0 aromatic carbocycles. The normalized spacial score (nSPS) is 19.6. The Morgan fingerprint density at radius 1 is 1.43 bits per heavy atom. The van der Waals surface area contributed by atoms with Gasteiger partial charge in [-0.3, -0.25) is 9.48 Å². The Balaban J connectivity index is 2.16. The van der Waals surface area contributed by atoms with E-state index in [-0.39, 0.29) is 18.8 Å². The minimum atomic E-state index is -4.89. The van der Waals surface area contributed by atoms with Crippen LogP contribution in [0.2, 0.25) is 0 Å². The molecule has 1 saturated heterocycles. The van der Waals surface area contributed by atoms with Gasteiger partial charge in [-0.1, -0.05) is 0 Å². The van der Waals surface area contributed by atoms with Crippen molar-refractivity contribution in [1.29, 1.82) is 0 Å². The summed E-state index contributed by atoms with van der Waals surface area (Å²) in [5.41, 5.74) is 0.302. The lowest BCUT2D eigenvalue weighted by atomic mass is 10.1. The SMILES string of the molecule is Cc1cn(C2CCCN(C(=O)C(F)(F)F)C2)nc1C(=O)O. The molecule has 1 aromatic heterocycles. The molecular weight excluding hydrogens is 291 g/mol. The summed E-state index contributed by atoms with van der Waals surface area (Å²) in [6, 6.07) is -0.447. The van der Waals surface area contributed by atoms with E-state index in [0.717, 1.165) is 4.90 Å². The molecule has 0 saturated carbocycles. The summed E-state index contributed by atoms with van der Waals surface area (Å²) < 4.78 is 38.7. The highest BCUT2D eigenvalue weighted by Crippen LogP contribution is 2.26. The molecule has 1 aromatic rings. The van der Waals surface area contributed by atoms with Crippen LogP contribution >= 0.6 is 0 Å². The number of aromatic carboxylic acids is 1. The van der Waals surface area contributed by atoms with Crippen LogP contribution in [0.15, 0.2) is 6.20 Å². The first-order chi connectivity index (χ1) is 9.70. The number of nitrogens with zero attached hydrogens (tertiary/aromatic N) is 3. The van der Waals surface area contributed by atoms with Crippen LogP contribution in [-0.4, -0.2) is 50.9 Å². The maximum Gasteiger partial charge on any atom is 0.471 e. The largest absolute Gasteiger partial charge is 0.476 e. The Morgan fingerprint density at radius 3 is 2.62 bits per heavy atom. The van der Waals surface area contributed by atoms with Crippen molar-refractivity contribution in [3.63, 3.8) is 0 Å². The Hall–Kier alpha value is -2.06. The van der Waals surface area contributed by atoms with E-state index in [1.165, 1.54) is 10.9 Å². The molecule has 0 aliphatic carbocycles. The van der Waals surface area contributed by atoms with Crippen LogP contribution in [0.4, 0.5) is 13.2 Å². The molecular formula is C12H14F3N3O3. The zero-order valence-corrected chi connectivity index (χ0v) is 11.2. The van der Waals surface area contributed by atoms with Crippen molar-refractivity contribution >= 4 is 11.9 Å². The van der Waals surface area contributed by atoms with Crippen LogP contribution < -0.4 is 0 Å². The first-order valence-corrected chi connectivity index (χ1v) is 6.35. The number of alkyl halides is 3. The van der Waals surface area contributed by atoms with Gasteiger partial charge in [-0.25, -0.2) is 4.79 Å². The van der Waals surface area contributed by atoms with Gasteiger partial charge in [0.05, 0.1) is 6.04 Å². The third kappa shape index (κ3) is 3.17. The predicted octanol–water partition coefficient (Wildman–Crippen LogP) is 1.62. The Kier molecular flexibility index (Phi) is 3.93. The number of hydrogen-bond acceptors (Lipinski definition) is 3. The standard InChI is InChI=1S/C12H14F3N3O3/c1-7-5-18(16-9(7)10(19)20)8-3-2-4-17(6-8)11(21)12(13,14)15/h5,8H,2-4,6H2,1H3,(H,19,20). The summed E-state index contributed by atoms with van der Waals surface area (Å²) in [5.74, 6) is -3.06. The molecule has 1 fully saturated rings. The van der Waals surface area contributed by atoms with Gasteiger partial charge in [0, 0.05) is 24.8 Å². The molecule has 116 valence electrons. The number of amides is 1. The van der Waals surface area contributed by atoms with Crippen LogP contribution in [0.1, 0.15) is 34.9 Å². The Morgan fingerprint density at radius 2 is 2.10 bits per heavy atom. The molecule has 1 unspecified atom stereocenters. The minimum Gasteiger partial charge on any atom is -0.476 e. The number of carboxylic acids is 1. The second-order valence-electron chi connectivity index (χ2n) is 4.99. The van der Waals surface area contributed by atoms with E-state index in [2.05, 4.69) is 5.10 Å². The van der Waals surface area contributed by atoms with E-state index in [0.29, 0.717) is 18.4 Å². The smallest absolute Gasteiger partial charge is 0.471 e. The van der Waals surface area contributed by atoms with Gasteiger partial charge in [0.25, 0.3) is 0 Å².